The molecular formula is C22H17N5O4. The Bertz CT molecular complexity index is 1210. The highest BCUT2D eigenvalue weighted by Crippen LogP contribution is 2.24. The zero-order valence-corrected chi connectivity index (χ0v) is 16.2. The fourth-order valence-corrected chi connectivity index (χ4v) is 2.84. The largest absolute Gasteiger partial charge is 0.457 e. The number of anilines is 1. The van der Waals surface area contributed by atoms with Gasteiger partial charge < -0.3 is 10.1 Å². The van der Waals surface area contributed by atoms with Crippen molar-refractivity contribution in [3.8, 4) is 22.9 Å². The summed E-state index contributed by atoms with van der Waals surface area (Å²) in [5.74, 6) is 1.40. The van der Waals surface area contributed by atoms with Crippen LogP contribution >= 0.6 is 0 Å². The number of aromatic nitrogens is 3. The minimum absolute atomic E-state index is 0.0129. The molecular weight excluding hydrogens is 398 g/mol. The van der Waals surface area contributed by atoms with E-state index in [0.29, 0.717) is 28.6 Å². The maximum absolute atomic E-state index is 12.4. The third-order valence-corrected chi connectivity index (χ3v) is 4.28. The number of hydrogen-bond donors (Lipinski definition) is 1. The molecule has 0 radical (unpaired) electrons. The van der Waals surface area contributed by atoms with E-state index in [1.165, 1.54) is 23.1 Å². The van der Waals surface area contributed by atoms with Gasteiger partial charge in [0.2, 0.25) is 5.91 Å². The van der Waals surface area contributed by atoms with Crippen LogP contribution < -0.4 is 10.1 Å². The Balaban J connectivity index is 1.38. The lowest BCUT2D eigenvalue weighted by atomic mass is 10.2. The standard InChI is InChI=1S/C22H17N5O4/c28-21(24-17-5-4-8-20(13-17)31-19-6-2-1-3-7-19)14-26-15-23-22(25-26)16-9-11-18(12-10-16)27(29)30/h1-13,15H,14H2,(H,24,28). The van der Waals surface area contributed by atoms with Gasteiger partial charge in [-0.2, -0.15) is 5.10 Å². The van der Waals surface area contributed by atoms with Crippen LogP contribution in [-0.4, -0.2) is 25.6 Å². The van der Waals surface area contributed by atoms with E-state index in [4.69, 9.17) is 4.74 Å². The van der Waals surface area contributed by atoms with Crippen molar-refractivity contribution in [1.82, 2.24) is 14.8 Å². The van der Waals surface area contributed by atoms with Crippen LogP contribution in [0, 0.1) is 10.1 Å². The summed E-state index contributed by atoms with van der Waals surface area (Å²) in [4.78, 5) is 26.8. The maximum Gasteiger partial charge on any atom is 0.269 e. The van der Waals surface area contributed by atoms with Gasteiger partial charge in [0.05, 0.1) is 4.92 Å². The van der Waals surface area contributed by atoms with Crippen molar-refractivity contribution in [2.24, 2.45) is 0 Å². The summed E-state index contributed by atoms with van der Waals surface area (Å²) in [5.41, 5.74) is 1.20. The van der Waals surface area contributed by atoms with Gasteiger partial charge in [0.25, 0.3) is 5.69 Å². The Morgan fingerprint density at radius 3 is 2.48 bits per heavy atom. The number of carbonyl (C=O) groups is 1. The number of amides is 1. The molecule has 0 saturated heterocycles. The number of rotatable bonds is 7. The monoisotopic (exact) mass is 415 g/mol. The maximum atomic E-state index is 12.4. The highest BCUT2D eigenvalue weighted by atomic mass is 16.6. The molecule has 4 rings (SSSR count). The minimum Gasteiger partial charge on any atom is -0.457 e. The molecule has 0 aliphatic carbocycles. The van der Waals surface area contributed by atoms with E-state index in [-0.39, 0.29) is 18.1 Å². The van der Waals surface area contributed by atoms with Crippen molar-refractivity contribution in [3.63, 3.8) is 0 Å². The Morgan fingerprint density at radius 2 is 1.74 bits per heavy atom. The van der Waals surface area contributed by atoms with E-state index in [2.05, 4.69) is 15.4 Å². The normalized spacial score (nSPS) is 10.5. The van der Waals surface area contributed by atoms with Crippen molar-refractivity contribution in [3.05, 3.63) is 95.3 Å². The number of benzene rings is 3. The predicted octanol–water partition coefficient (Wildman–Crippen LogP) is 4.28. The fourth-order valence-electron chi connectivity index (χ4n) is 2.84. The molecule has 0 unspecified atom stereocenters. The third-order valence-electron chi connectivity index (χ3n) is 4.28. The smallest absolute Gasteiger partial charge is 0.269 e. The Labute approximate surface area is 177 Å². The molecule has 3 aromatic carbocycles. The molecule has 0 bridgehead atoms. The van der Waals surface area contributed by atoms with E-state index in [0.717, 1.165) is 0 Å². The average Bonchev–Trinajstić information content (AvgIpc) is 3.23. The van der Waals surface area contributed by atoms with Crippen molar-refractivity contribution in [1.29, 1.82) is 0 Å². The lowest BCUT2D eigenvalue weighted by Gasteiger charge is -2.09. The molecule has 0 spiro atoms. The Kier molecular flexibility index (Phi) is 5.66. The quantitative estimate of drug-likeness (QED) is 0.356. The SMILES string of the molecule is O=C(Cn1cnc(-c2ccc([N+](=O)[O-])cc2)n1)Nc1cccc(Oc2ccccc2)c1. The summed E-state index contributed by atoms with van der Waals surface area (Å²) in [6, 6.07) is 22.3. The zero-order chi connectivity index (χ0) is 21.6. The van der Waals surface area contributed by atoms with Gasteiger partial charge in [-0.05, 0) is 36.4 Å². The number of para-hydroxylation sites is 1. The van der Waals surface area contributed by atoms with Crippen molar-refractivity contribution in [2.75, 3.05) is 5.32 Å². The zero-order valence-electron chi connectivity index (χ0n) is 16.2. The summed E-state index contributed by atoms with van der Waals surface area (Å²) in [6.07, 6.45) is 1.44. The molecule has 0 aliphatic rings. The van der Waals surface area contributed by atoms with E-state index in [1.54, 1.807) is 36.4 Å². The first kappa shape index (κ1) is 19.8. The summed E-state index contributed by atoms with van der Waals surface area (Å²) >= 11 is 0. The first-order valence-electron chi connectivity index (χ1n) is 9.34. The van der Waals surface area contributed by atoms with Crippen LogP contribution in [0.3, 0.4) is 0 Å². The summed E-state index contributed by atoms with van der Waals surface area (Å²) in [6.45, 7) is -0.0379. The molecule has 1 N–H and O–H groups in total. The van der Waals surface area contributed by atoms with Gasteiger partial charge in [0.15, 0.2) is 5.82 Å². The van der Waals surface area contributed by atoms with Gasteiger partial charge in [-0.3, -0.25) is 14.9 Å². The van der Waals surface area contributed by atoms with Crippen molar-refractivity contribution < 1.29 is 14.5 Å². The number of nitrogens with one attached hydrogen (secondary N) is 1. The molecule has 0 atom stereocenters. The first-order valence-corrected chi connectivity index (χ1v) is 9.34. The summed E-state index contributed by atoms with van der Waals surface area (Å²) in [5, 5.41) is 17.8. The lowest BCUT2D eigenvalue weighted by molar-refractivity contribution is -0.384. The van der Waals surface area contributed by atoms with Crippen molar-refractivity contribution >= 4 is 17.3 Å². The third kappa shape index (κ3) is 5.10. The molecule has 154 valence electrons. The van der Waals surface area contributed by atoms with Crippen LogP contribution in [0.25, 0.3) is 11.4 Å². The molecule has 0 fully saturated rings. The number of non-ortho nitro benzene ring substituents is 1. The second-order valence-electron chi connectivity index (χ2n) is 6.56. The molecule has 9 heteroatoms. The van der Waals surface area contributed by atoms with Crippen LogP contribution in [0.1, 0.15) is 0 Å². The number of ether oxygens (including phenoxy) is 1. The number of nitro groups is 1. The van der Waals surface area contributed by atoms with Gasteiger partial charge in [0.1, 0.15) is 24.4 Å². The minimum atomic E-state index is -0.472. The predicted molar refractivity (Wildman–Crippen MR) is 114 cm³/mol. The van der Waals surface area contributed by atoms with Crippen LogP contribution in [-0.2, 0) is 11.3 Å². The second-order valence-corrected chi connectivity index (χ2v) is 6.56. The molecule has 1 amide bonds. The van der Waals surface area contributed by atoms with E-state index < -0.39 is 4.92 Å². The van der Waals surface area contributed by atoms with E-state index >= 15 is 0 Å². The fraction of sp³-hybridized carbons (Fsp3) is 0.0455. The molecule has 31 heavy (non-hydrogen) atoms. The molecule has 4 aromatic rings. The van der Waals surface area contributed by atoms with Crippen LogP contribution in [0.5, 0.6) is 11.5 Å². The van der Waals surface area contributed by atoms with Crippen molar-refractivity contribution in [2.45, 2.75) is 6.54 Å². The van der Waals surface area contributed by atoms with E-state index in [9.17, 15) is 14.9 Å². The van der Waals surface area contributed by atoms with Gasteiger partial charge >= 0.3 is 0 Å². The Morgan fingerprint density at radius 1 is 1.00 bits per heavy atom. The van der Waals surface area contributed by atoms with Gasteiger partial charge in [-0.25, -0.2) is 9.67 Å². The summed E-state index contributed by atoms with van der Waals surface area (Å²) in [7, 11) is 0. The van der Waals surface area contributed by atoms with Gasteiger partial charge in [-0.15, -0.1) is 0 Å². The van der Waals surface area contributed by atoms with Crippen LogP contribution in [0.15, 0.2) is 85.2 Å². The number of carbonyl (C=O) groups excluding carboxylic acids is 1. The van der Waals surface area contributed by atoms with E-state index in [1.807, 2.05) is 30.3 Å². The number of nitrogens with zero attached hydrogens (tertiary/aromatic N) is 4. The molecule has 1 heterocycles. The van der Waals surface area contributed by atoms with Gasteiger partial charge in [-0.1, -0.05) is 24.3 Å². The number of hydrogen-bond acceptors (Lipinski definition) is 6. The average molecular weight is 415 g/mol. The highest BCUT2D eigenvalue weighted by Gasteiger charge is 2.11. The van der Waals surface area contributed by atoms with Gasteiger partial charge in [0, 0.05) is 29.4 Å². The lowest BCUT2D eigenvalue weighted by Crippen LogP contribution is -2.19. The topological polar surface area (TPSA) is 112 Å². The second kappa shape index (κ2) is 8.87. The number of nitro benzene ring substituents is 1. The van der Waals surface area contributed by atoms with Crippen LogP contribution in [0.2, 0.25) is 0 Å². The highest BCUT2D eigenvalue weighted by molar-refractivity contribution is 5.90. The van der Waals surface area contributed by atoms with Crippen LogP contribution in [0.4, 0.5) is 11.4 Å². The molecule has 9 nitrogen and oxygen atoms in total. The Hall–Kier alpha value is -4.53. The molecule has 0 saturated carbocycles. The first-order chi connectivity index (χ1) is 15.1. The molecule has 0 aliphatic heterocycles. The summed E-state index contributed by atoms with van der Waals surface area (Å²) < 4.78 is 7.17. The molecule has 1 aromatic heterocycles.